The van der Waals surface area contributed by atoms with Crippen molar-refractivity contribution in [3.63, 3.8) is 0 Å². The topological polar surface area (TPSA) is 49.4 Å². The van der Waals surface area contributed by atoms with Crippen LogP contribution in [0.3, 0.4) is 0 Å². The number of carbonyl (C=O) groups excluding carboxylic acids is 2. The quantitative estimate of drug-likeness (QED) is 0.228. The minimum absolute atomic E-state index is 0.267. The van der Waals surface area contributed by atoms with E-state index in [1.54, 1.807) is 23.5 Å². The van der Waals surface area contributed by atoms with Gasteiger partial charge in [0.2, 0.25) is 0 Å². The Hall–Kier alpha value is -3.48. The minimum atomic E-state index is 0.267. The monoisotopic (exact) mass is 510 g/mol. The van der Waals surface area contributed by atoms with Gasteiger partial charge < -0.3 is 10.2 Å². The molecule has 3 heterocycles. The van der Waals surface area contributed by atoms with Crippen molar-refractivity contribution in [1.29, 1.82) is 0 Å². The van der Waals surface area contributed by atoms with Crippen LogP contribution >= 0.6 is 23.5 Å². The van der Waals surface area contributed by atoms with Crippen molar-refractivity contribution in [1.82, 2.24) is 0 Å². The zero-order valence-electron chi connectivity index (χ0n) is 20.2. The van der Waals surface area contributed by atoms with Crippen LogP contribution in [0.2, 0.25) is 0 Å². The van der Waals surface area contributed by atoms with Crippen molar-refractivity contribution in [3.8, 4) is 0 Å². The molecule has 6 heteroatoms. The first-order chi connectivity index (χ1) is 17.7. The van der Waals surface area contributed by atoms with E-state index in [0.29, 0.717) is 12.0 Å². The summed E-state index contributed by atoms with van der Waals surface area (Å²) in [6.45, 7) is 4.79. The molecule has 0 aromatic heterocycles. The fourth-order valence-corrected chi connectivity index (χ4v) is 6.58. The average Bonchev–Trinajstić information content (AvgIpc) is 2.94. The largest absolute Gasteiger partial charge is 0.354 e. The molecule has 0 unspecified atom stereocenters. The number of carbonyl (C=O) groups is 2. The van der Waals surface area contributed by atoms with E-state index in [2.05, 4.69) is 52.7 Å². The number of ketones is 1. The molecular formula is C30H26N2O2S2. The molecule has 0 radical (unpaired) electrons. The summed E-state index contributed by atoms with van der Waals surface area (Å²) in [7, 11) is 0. The van der Waals surface area contributed by atoms with Crippen LogP contribution < -0.4 is 10.2 Å². The van der Waals surface area contributed by atoms with E-state index in [-0.39, 0.29) is 5.78 Å². The highest BCUT2D eigenvalue weighted by atomic mass is 32.2. The summed E-state index contributed by atoms with van der Waals surface area (Å²) >= 11 is 3.45. The number of fused-ring (bicyclic) bond motifs is 4. The highest BCUT2D eigenvalue weighted by Crippen LogP contribution is 2.51. The standard InChI is InChI=1S/C15H11NOS.C13H9NOS.C2H6/c17-12-8-9-16-11-5-1-2-6-13(11)18-14-7-3-4-10(12)15(14)16;15-8-9-5-6-11-13(7-9)16-12-4-2-1-3-10(12)14-11;1-2/h1-7H,8-9H2;1-8,14H;1-2H3. The summed E-state index contributed by atoms with van der Waals surface area (Å²) in [4.78, 5) is 29.8. The van der Waals surface area contributed by atoms with Gasteiger partial charge in [-0.05, 0) is 54.6 Å². The first-order valence-corrected chi connectivity index (χ1v) is 13.7. The molecular weight excluding hydrogens is 484 g/mol. The summed E-state index contributed by atoms with van der Waals surface area (Å²) in [5, 5.41) is 3.36. The molecule has 4 aromatic carbocycles. The van der Waals surface area contributed by atoms with Gasteiger partial charge >= 0.3 is 0 Å². The second kappa shape index (κ2) is 10.6. The number of nitrogens with one attached hydrogen (secondary N) is 1. The molecule has 4 nitrogen and oxygen atoms in total. The zero-order chi connectivity index (χ0) is 25.1. The number of nitrogens with zero attached hydrogens (tertiary/aromatic N) is 1. The molecule has 7 rings (SSSR count). The van der Waals surface area contributed by atoms with Crippen molar-refractivity contribution in [2.75, 3.05) is 16.8 Å². The van der Waals surface area contributed by atoms with Crippen LogP contribution in [-0.2, 0) is 0 Å². The molecule has 4 aromatic rings. The maximum Gasteiger partial charge on any atom is 0.166 e. The number of benzene rings is 4. The van der Waals surface area contributed by atoms with Gasteiger partial charge in [-0.1, -0.05) is 67.7 Å². The van der Waals surface area contributed by atoms with Crippen molar-refractivity contribution < 1.29 is 9.59 Å². The van der Waals surface area contributed by atoms with Gasteiger partial charge in [0.15, 0.2) is 5.78 Å². The van der Waals surface area contributed by atoms with Crippen molar-refractivity contribution in [2.24, 2.45) is 0 Å². The number of Topliss-reactive ketones (excluding diaryl/α,β-unsaturated/α-hetero) is 1. The van der Waals surface area contributed by atoms with E-state index < -0.39 is 0 Å². The van der Waals surface area contributed by atoms with Crippen LogP contribution in [0.4, 0.5) is 22.7 Å². The number of anilines is 4. The third kappa shape index (κ3) is 4.54. The Morgan fingerprint density at radius 1 is 0.778 bits per heavy atom. The van der Waals surface area contributed by atoms with Gasteiger partial charge in [0.1, 0.15) is 6.29 Å². The van der Waals surface area contributed by atoms with Gasteiger partial charge in [-0.15, -0.1) is 0 Å². The average molecular weight is 511 g/mol. The lowest BCUT2D eigenvalue weighted by Gasteiger charge is -2.36. The van der Waals surface area contributed by atoms with Crippen molar-refractivity contribution >= 4 is 58.3 Å². The predicted octanol–water partition coefficient (Wildman–Crippen LogP) is 8.61. The maximum absolute atomic E-state index is 12.0. The summed E-state index contributed by atoms with van der Waals surface area (Å²) in [6, 6.07) is 28.3. The molecule has 0 atom stereocenters. The van der Waals surface area contributed by atoms with Gasteiger partial charge in [-0.2, -0.15) is 0 Å². The third-order valence-corrected chi connectivity index (χ3v) is 8.27. The highest BCUT2D eigenvalue weighted by Gasteiger charge is 2.31. The normalized spacial score (nSPS) is 13.7. The van der Waals surface area contributed by atoms with Gasteiger partial charge in [-0.3, -0.25) is 9.59 Å². The number of aldehydes is 1. The van der Waals surface area contributed by atoms with Crippen molar-refractivity contribution in [3.05, 3.63) is 96.1 Å². The van der Waals surface area contributed by atoms with E-state index in [9.17, 15) is 9.59 Å². The Kier molecular flexibility index (Phi) is 7.16. The number of rotatable bonds is 1. The first kappa shape index (κ1) is 24.2. The summed E-state index contributed by atoms with van der Waals surface area (Å²) in [5.41, 5.74) is 6.12. The Labute approximate surface area is 220 Å². The fraction of sp³-hybridized carbons (Fsp3) is 0.133. The van der Waals surface area contributed by atoms with Gasteiger partial charge in [0.05, 0.1) is 22.7 Å². The smallest absolute Gasteiger partial charge is 0.166 e. The number of hydrogen-bond acceptors (Lipinski definition) is 6. The number of hydrogen-bond donors (Lipinski definition) is 1. The summed E-state index contributed by atoms with van der Waals surface area (Å²) in [6.07, 6.45) is 1.48. The molecule has 0 amide bonds. The van der Waals surface area contributed by atoms with E-state index in [4.69, 9.17) is 0 Å². The molecule has 0 spiro atoms. The van der Waals surface area contributed by atoms with E-state index in [1.807, 2.05) is 56.3 Å². The molecule has 0 saturated heterocycles. The number of para-hydroxylation sites is 3. The molecule has 1 N–H and O–H groups in total. The van der Waals surface area contributed by atoms with Crippen LogP contribution in [0.1, 0.15) is 41.0 Å². The van der Waals surface area contributed by atoms with Crippen LogP contribution in [0.25, 0.3) is 0 Å². The molecule has 0 fully saturated rings. The maximum atomic E-state index is 12.0. The fourth-order valence-electron chi connectivity index (χ4n) is 4.42. The second-order valence-electron chi connectivity index (χ2n) is 8.14. The summed E-state index contributed by atoms with van der Waals surface area (Å²) in [5.74, 6) is 0.267. The Morgan fingerprint density at radius 3 is 2.31 bits per heavy atom. The van der Waals surface area contributed by atoms with E-state index in [0.717, 1.165) is 40.4 Å². The molecule has 36 heavy (non-hydrogen) atoms. The Balaban J connectivity index is 0.000000140. The Morgan fingerprint density at radius 2 is 1.47 bits per heavy atom. The first-order valence-electron chi connectivity index (χ1n) is 12.0. The van der Waals surface area contributed by atoms with E-state index in [1.165, 1.54) is 20.4 Å². The Bertz CT molecular complexity index is 1450. The van der Waals surface area contributed by atoms with Crippen LogP contribution in [0.15, 0.2) is 105 Å². The molecule has 180 valence electrons. The third-order valence-electron chi connectivity index (χ3n) is 6.03. The van der Waals surface area contributed by atoms with Crippen LogP contribution in [-0.4, -0.2) is 18.6 Å². The summed E-state index contributed by atoms with van der Waals surface area (Å²) < 4.78 is 0. The van der Waals surface area contributed by atoms with Crippen LogP contribution in [0.5, 0.6) is 0 Å². The second-order valence-corrected chi connectivity index (χ2v) is 10.3. The molecule has 0 aliphatic carbocycles. The SMILES string of the molecule is CC.O=C1CCN2c3ccccc3Sc3cccc1c32.O=Cc1ccc2c(c1)Sc1ccccc1N2. The lowest BCUT2D eigenvalue weighted by atomic mass is 9.99. The van der Waals surface area contributed by atoms with Crippen molar-refractivity contribution in [2.45, 2.75) is 39.9 Å². The molecule has 3 aliphatic heterocycles. The lowest BCUT2D eigenvalue weighted by molar-refractivity contribution is 0.0980. The zero-order valence-corrected chi connectivity index (χ0v) is 21.8. The van der Waals surface area contributed by atoms with Gasteiger partial charge in [-0.25, -0.2) is 0 Å². The van der Waals surface area contributed by atoms with E-state index >= 15 is 0 Å². The van der Waals surface area contributed by atoms with Gasteiger partial charge in [0, 0.05) is 43.7 Å². The molecule has 0 bridgehead atoms. The molecule has 0 saturated carbocycles. The van der Waals surface area contributed by atoms with Crippen LogP contribution in [0, 0.1) is 0 Å². The lowest BCUT2D eigenvalue weighted by Crippen LogP contribution is -2.30. The predicted molar refractivity (Wildman–Crippen MR) is 150 cm³/mol. The molecule has 3 aliphatic rings. The minimum Gasteiger partial charge on any atom is -0.354 e. The highest BCUT2D eigenvalue weighted by molar-refractivity contribution is 8.00. The van der Waals surface area contributed by atoms with Gasteiger partial charge in [0.25, 0.3) is 0 Å².